The lowest BCUT2D eigenvalue weighted by Gasteiger charge is -2.46. The van der Waals surface area contributed by atoms with Gasteiger partial charge in [-0.1, -0.05) is 11.6 Å². The molecule has 5 N–H and O–H groups in total. The Morgan fingerprint density at radius 2 is 1.77 bits per heavy atom. The van der Waals surface area contributed by atoms with Crippen LogP contribution in [-0.4, -0.2) is 58.7 Å². The van der Waals surface area contributed by atoms with Gasteiger partial charge in [0.15, 0.2) is 4.93 Å². The first-order valence-electron chi connectivity index (χ1n) is 12.7. The van der Waals surface area contributed by atoms with E-state index in [1.165, 1.54) is 37.3 Å². The first-order chi connectivity index (χ1) is 18.2. The molecular formula is C27H32ClFN2O7S. The molecule has 2 saturated carbocycles. The summed E-state index contributed by atoms with van der Waals surface area (Å²) in [6, 6.07) is 7.70. The highest BCUT2D eigenvalue weighted by atomic mass is 35.5. The minimum Gasteiger partial charge on any atom is -0.392 e. The number of benzene rings is 2. The third-order valence-electron chi connectivity index (χ3n) is 7.85. The molecule has 0 saturated heterocycles. The maximum absolute atomic E-state index is 13.8. The van der Waals surface area contributed by atoms with Crippen molar-refractivity contribution in [3.8, 4) is 0 Å². The summed E-state index contributed by atoms with van der Waals surface area (Å²) in [5, 5.41) is 37.2. The van der Waals surface area contributed by atoms with Crippen LogP contribution in [0.1, 0.15) is 54.9 Å². The third-order valence-corrected chi connectivity index (χ3v) is 10.5. The Kier molecular flexibility index (Phi) is 8.13. The monoisotopic (exact) mass is 582 g/mol. The van der Waals surface area contributed by atoms with Crippen molar-refractivity contribution in [1.29, 1.82) is 0 Å². The second-order valence-corrected chi connectivity index (χ2v) is 13.3. The lowest BCUT2D eigenvalue weighted by molar-refractivity contribution is -0.140. The summed E-state index contributed by atoms with van der Waals surface area (Å²) in [5.41, 5.74) is -0.892. The molecule has 0 spiro atoms. The Balaban J connectivity index is 1.56. The molecule has 9 nitrogen and oxygen atoms in total. The van der Waals surface area contributed by atoms with Gasteiger partial charge in [-0.05, 0) is 93.3 Å². The van der Waals surface area contributed by atoms with E-state index in [0.717, 1.165) is 6.07 Å². The van der Waals surface area contributed by atoms with Gasteiger partial charge < -0.3 is 26.0 Å². The average Bonchev–Trinajstić information content (AvgIpc) is 3.01. The summed E-state index contributed by atoms with van der Waals surface area (Å²) in [5.74, 6) is -2.89. The predicted octanol–water partition coefficient (Wildman–Crippen LogP) is 2.94. The van der Waals surface area contributed by atoms with Crippen molar-refractivity contribution in [1.82, 2.24) is 5.32 Å². The zero-order valence-electron chi connectivity index (χ0n) is 21.6. The van der Waals surface area contributed by atoms with E-state index in [1.54, 1.807) is 6.92 Å². The van der Waals surface area contributed by atoms with Crippen LogP contribution in [0.3, 0.4) is 0 Å². The number of hydrogen-bond acceptors (Lipinski definition) is 7. The molecule has 2 aromatic rings. The van der Waals surface area contributed by atoms with Crippen LogP contribution >= 0.6 is 11.6 Å². The molecule has 12 heteroatoms. The summed E-state index contributed by atoms with van der Waals surface area (Å²) < 4.78 is 41.1. The van der Waals surface area contributed by atoms with E-state index in [1.807, 2.05) is 0 Å². The summed E-state index contributed by atoms with van der Waals surface area (Å²) in [7, 11) is -4.51. The van der Waals surface area contributed by atoms with E-state index in [2.05, 4.69) is 10.6 Å². The number of nitrogens with one attached hydrogen (secondary N) is 2. The normalized spacial score (nSPS) is 27.2. The highest BCUT2D eigenvalue weighted by Crippen LogP contribution is 2.56. The first kappa shape index (κ1) is 29.4. The maximum Gasteiger partial charge on any atom is 0.255 e. The van der Waals surface area contributed by atoms with Crippen molar-refractivity contribution in [2.45, 2.75) is 67.5 Å². The van der Waals surface area contributed by atoms with Gasteiger partial charge in [-0.15, -0.1) is 0 Å². The van der Waals surface area contributed by atoms with Crippen LogP contribution in [0.5, 0.6) is 0 Å². The summed E-state index contributed by atoms with van der Waals surface area (Å²) in [4.78, 5) is 22.6. The number of amides is 2. The van der Waals surface area contributed by atoms with E-state index in [9.17, 15) is 37.7 Å². The van der Waals surface area contributed by atoms with Crippen LogP contribution < -0.4 is 10.6 Å². The second kappa shape index (κ2) is 10.8. The summed E-state index contributed by atoms with van der Waals surface area (Å²) >= 11 is 6.25. The molecule has 2 amide bonds. The number of rotatable bonds is 8. The highest BCUT2D eigenvalue weighted by Gasteiger charge is 2.62. The third kappa shape index (κ3) is 5.69. The number of aliphatic hydroxyl groups excluding tert-OH is 1. The summed E-state index contributed by atoms with van der Waals surface area (Å²) in [6.45, 7) is 3.07. The van der Waals surface area contributed by atoms with Crippen LogP contribution in [0.4, 0.5) is 10.1 Å². The molecule has 2 aliphatic rings. The fourth-order valence-corrected chi connectivity index (χ4v) is 8.00. The van der Waals surface area contributed by atoms with Crippen LogP contribution in [-0.2, 0) is 14.6 Å². The van der Waals surface area contributed by atoms with Gasteiger partial charge in [-0.25, -0.2) is 12.8 Å². The van der Waals surface area contributed by atoms with E-state index < -0.39 is 60.8 Å². The Morgan fingerprint density at radius 3 is 2.36 bits per heavy atom. The van der Waals surface area contributed by atoms with Crippen molar-refractivity contribution >= 4 is 38.9 Å². The van der Waals surface area contributed by atoms with Crippen LogP contribution in [0, 0.1) is 24.6 Å². The predicted molar refractivity (Wildman–Crippen MR) is 142 cm³/mol. The molecule has 2 aromatic carbocycles. The molecule has 212 valence electrons. The number of aryl methyl sites for hydroxylation is 1. The van der Waals surface area contributed by atoms with Gasteiger partial charge in [0.2, 0.25) is 15.7 Å². The zero-order chi connectivity index (χ0) is 28.8. The zero-order valence-corrected chi connectivity index (χ0v) is 23.2. The van der Waals surface area contributed by atoms with E-state index >= 15 is 0 Å². The van der Waals surface area contributed by atoms with E-state index in [4.69, 9.17) is 11.6 Å². The lowest BCUT2D eigenvalue weighted by atomic mass is 9.71. The van der Waals surface area contributed by atoms with Crippen molar-refractivity contribution in [2.75, 3.05) is 11.9 Å². The number of anilines is 1. The molecular weight excluding hydrogens is 551 g/mol. The largest absolute Gasteiger partial charge is 0.392 e. The van der Waals surface area contributed by atoms with E-state index in [0.29, 0.717) is 24.1 Å². The first-order valence-corrected chi connectivity index (χ1v) is 14.5. The SMILES string of the molecule is Cc1cc(NC(=O)c2ccc(Cl)c(S(=O)(=O)C3(O)CC4CCC(C3)C4(O)CC(=O)NC[C@H](C)O)c2)ccc1F. The minimum absolute atomic E-state index is 0.0196. The number of halogens is 2. The number of carbonyl (C=O) groups is 2. The standard InChI is InChI=1S/C27H32ClFN2O7S/c1-15-9-20(6-8-22(15)29)31-25(34)17-3-7-21(28)23(10-17)39(37,38)26(35)11-18-4-5-19(12-26)27(18,36)13-24(33)30-14-16(2)32/h3,6-10,16,18-19,32,35-36H,4-5,11-14H2,1-2H3,(H,30,33)(H,31,34)/t16-,18?,19?,26?,27?/m0/s1. The quantitative estimate of drug-likeness (QED) is 0.321. The molecule has 39 heavy (non-hydrogen) atoms. The van der Waals surface area contributed by atoms with Crippen LogP contribution in [0.2, 0.25) is 5.02 Å². The fraction of sp³-hybridized carbons (Fsp3) is 0.481. The number of sulfone groups is 1. The Morgan fingerprint density at radius 1 is 1.13 bits per heavy atom. The van der Waals surface area contributed by atoms with Gasteiger partial charge in [0.1, 0.15) is 5.82 Å². The van der Waals surface area contributed by atoms with Gasteiger partial charge in [-0.3, -0.25) is 9.59 Å². The highest BCUT2D eigenvalue weighted by molar-refractivity contribution is 7.92. The van der Waals surface area contributed by atoms with Gasteiger partial charge >= 0.3 is 0 Å². The molecule has 2 aliphatic carbocycles. The Bertz CT molecular complexity index is 1380. The number of aliphatic hydroxyl groups is 3. The van der Waals surface area contributed by atoms with Crippen molar-refractivity contribution in [2.24, 2.45) is 11.8 Å². The molecule has 2 unspecified atom stereocenters. The van der Waals surface area contributed by atoms with Crippen molar-refractivity contribution in [3.63, 3.8) is 0 Å². The fourth-order valence-electron chi connectivity index (χ4n) is 5.72. The average molecular weight is 583 g/mol. The molecule has 4 rings (SSSR count). The molecule has 2 fully saturated rings. The van der Waals surface area contributed by atoms with Crippen molar-refractivity contribution in [3.05, 3.63) is 58.4 Å². The van der Waals surface area contributed by atoms with Gasteiger partial charge in [0.25, 0.3) is 5.91 Å². The lowest BCUT2D eigenvalue weighted by Crippen LogP contribution is -2.56. The Hall–Kier alpha value is -2.57. The van der Waals surface area contributed by atoms with Crippen LogP contribution in [0.25, 0.3) is 0 Å². The number of carbonyl (C=O) groups excluding carboxylic acids is 2. The minimum atomic E-state index is -4.51. The maximum atomic E-state index is 13.8. The second-order valence-electron chi connectivity index (χ2n) is 10.7. The van der Waals surface area contributed by atoms with E-state index in [-0.39, 0.29) is 36.4 Å². The van der Waals surface area contributed by atoms with Gasteiger partial charge in [0, 0.05) is 17.8 Å². The topological polar surface area (TPSA) is 153 Å². The molecule has 3 atom stereocenters. The number of hydrogen-bond donors (Lipinski definition) is 5. The van der Waals surface area contributed by atoms with Crippen LogP contribution in [0.15, 0.2) is 41.3 Å². The molecule has 2 bridgehead atoms. The van der Waals surface area contributed by atoms with Gasteiger partial charge in [-0.2, -0.15) is 0 Å². The summed E-state index contributed by atoms with van der Waals surface area (Å²) in [6.07, 6.45) is -0.804. The molecule has 0 heterocycles. The smallest absolute Gasteiger partial charge is 0.255 e. The van der Waals surface area contributed by atoms with Gasteiger partial charge in [0.05, 0.1) is 28.0 Å². The van der Waals surface area contributed by atoms with Crippen molar-refractivity contribution < 1.29 is 37.7 Å². The molecule has 0 aliphatic heterocycles. The number of fused-ring (bicyclic) bond motifs is 2. The Labute approximate surface area is 231 Å². The molecule has 0 radical (unpaired) electrons. The molecule has 0 aromatic heterocycles.